The molecule has 1 aliphatic heterocycles. The van der Waals surface area contributed by atoms with Crippen LogP contribution in [0.3, 0.4) is 0 Å². The van der Waals surface area contributed by atoms with E-state index < -0.39 is 11.7 Å². The summed E-state index contributed by atoms with van der Waals surface area (Å²) in [7, 11) is 1.18. The molecule has 6 atom stereocenters. The molecule has 1 heterocycles. The molecule has 0 aromatic heterocycles. The van der Waals surface area contributed by atoms with Crippen LogP contribution in [0, 0.1) is 17.8 Å². The molecule has 5 nitrogen and oxygen atoms in total. The van der Waals surface area contributed by atoms with Crippen molar-refractivity contribution in [1.82, 2.24) is 0 Å². The van der Waals surface area contributed by atoms with E-state index >= 15 is 0 Å². The standard InChI is InChI=1S/C23H37IO5/c1-4-6-8-15(5-2)9-7-10-16-11-12-20-17(16)13-21(29-20)18(24)14-19(25)22(26)23(27)28-3/h5,15-18,20-21,25-26H,2,4,6-14H2,1,3H3/t15-,16-,17+,18?,20-,21?/m0/s1. The lowest BCUT2D eigenvalue weighted by molar-refractivity contribution is -0.139. The highest BCUT2D eigenvalue weighted by Gasteiger charge is 2.45. The second kappa shape index (κ2) is 12.2. The molecule has 0 radical (unpaired) electrons. The number of aliphatic hydroxyl groups is 2. The van der Waals surface area contributed by atoms with Gasteiger partial charge in [-0.1, -0.05) is 61.3 Å². The van der Waals surface area contributed by atoms with Crippen LogP contribution in [-0.4, -0.2) is 39.4 Å². The van der Waals surface area contributed by atoms with E-state index in [2.05, 4.69) is 46.9 Å². The van der Waals surface area contributed by atoms with E-state index in [0.717, 1.165) is 18.8 Å². The first-order valence-electron chi connectivity index (χ1n) is 11.0. The molecule has 2 fully saturated rings. The topological polar surface area (TPSA) is 76.0 Å². The monoisotopic (exact) mass is 520 g/mol. The van der Waals surface area contributed by atoms with Crippen molar-refractivity contribution in [1.29, 1.82) is 0 Å². The number of aliphatic hydroxyl groups excluding tert-OH is 2. The first-order valence-corrected chi connectivity index (χ1v) is 12.3. The molecule has 1 saturated carbocycles. The zero-order valence-corrected chi connectivity index (χ0v) is 20.0. The van der Waals surface area contributed by atoms with Gasteiger partial charge in [0, 0.05) is 10.3 Å². The third kappa shape index (κ3) is 6.88. The van der Waals surface area contributed by atoms with Gasteiger partial charge in [0.05, 0.1) is 19.3 Å². The highest BCUT2D eigenvalue weighted by Crippen LogP contribution is 2.47. The Morgan fingerprint density at radius 3 is 2.69 bits per heavy atom. The summed E-state index contributed by atoms with van der Waals surface area (Å²) < 4.78 is 10.7. The van der Waals surface area contributed by atoms with Crippen molar-refractivity contribution in [2.75, 3.05) is 7.11 Å². The SMILES string of the molecule is C=C[C@@H](CCCC)CCC[C@H]1CC[C@@H]2OC(C(I)CC(O)=C(O)C(=O)OC)C[C@H]12. The summed E-state index contributed by atoms with van der Waals surface area (Å²) in [6, 6.07) is 0. The van der Waals surface area contributed by atoms with Crippen molar-refractivity contribution in [3.05, 3.63) is 24.2 Å². The van der Waals surface area contributed by atoms with Crippen LogP contribution in [0.4, 0.5) is 0 Å². The molecular weight excluding hydrogens is 483 g/mol. The molecule has 2 unspecified atom stereocenters. The van der Waals surface area contributed by atoms with E-state index in [-0.39, 0.29) is 22.2 Å². The zero-order valence-electron chi connectivity index (χ0n) is 17.8. The number of allylic oxidation sites excluding steroid dienone is 2. The Balaban J connectivity index is 1.81. The van der Waals surface area contributed by atoms with Crippen molar-refractivity contribution < 1.29 is 24.5 Å². The maximum absolute atomic E-state index is 11.4. The third-order valence-electron chi connectivity index (χ3n) is 6.61. The minimum atomic E-state index is -0.910. The molecule has 0 spiro atoms. The second-order valence-corrected chi connectivity index (χ2v) is 10.1. The average molecular weight is 520 g/mol. The van der Waals surface area contributed by atoms with Gasteiger partial charge in [-0.15, -0.1) is 6.58 Å². The molecule has 2 rings (SSSR count). The summed E-state index contributed by atoms with van der Waals surface area (Å²) in [5.41, 5.74) is 0. The Hall–Kier alpha value is -0.760. The number of esters is 1. The lowest BCUT2D eigenvalue weighted by Gasteiger charge is -2.20. The Bertz CT molecular complexity index is 576. The summed E-state index contributed by atoms with van der Waals surface area (Å²) in [6.07, 6.45) is 13.6. The van der Waals surface area contributed by atoms with Crippen LogP contribution in [0.15, 0.2) is 24.2 Å². The summed E-state index contributed by atoms with van der Waals surface area (Å²) >= 11 is 2.26. The number of fused-ring (bicyclic) bond motifs is 1. The molecule has 29 heavy (non-hydrogen) atoms. The van der Waals surface area contributed by atoms with E-state index in [0.29, 0.717) is 17.9 Å². The molecular formula is C23H37IO5. The van der Waals surface area contributed by atoms with Crippen LogP contribution in [-0.2, 0) is 14.3 Å². The van der Waals surface area contributed by atoms with Crippen LogP contribution >= 0.6 is 22.6 Å². The number of alkyl halides is 1. The van der Waals surface area contributed by atoms with Gasteiger partial charge in [-0.3, -0.25) is 0 Å². The molecule has 0 aromatic rings. The van der Waals surface area contributed by atoms with Crippen molar-refractivity contribution in [2.45, 2.75) is 87.3 Å². The lowest BCUT2D eigenvalue weighted by atomic mass is 9.85. The van der Waals surface area contributed by atoms with E-state index in [9.17, 15) is 15.0 Å². The predicted octanol–water partition coefficient (Wildman–Crippen LogP) is 6.03. The number of rotatable bonds is 12. The Labute approximate surface area is 189 Å². The molecule has 0 aromatic carbocycles. The number of ether oxygens (including phenoxy) is 2. The number of carbonyl (C=O) groups is 1. The van der Waals surface area contributed by atoms with E-state index in [1.54, 1.807) is 0 Å². The lowest BCUT2D eigenvalue weighted by Crippen LogP contribution is -2.23. The molecule has 1 aliphatic carbocycles. The summed E-state index contributed by atoms with van der Waals surface area (Å²) in [5.74, 6) is 0.0252. The molecule has 0 bridgehead atoms. The van der Waals surface area contributed by atoms with Crippen molar-refractivity contribution in [2.24, 2.45) is 17.8 Å². The van der Waals surface area contributed by atoms with Crippen LogP contribution < -0.4 is 0 Å². The predicted molar refractivity (Wildman–Crippen MR) is 123 cm³/mol. The molecule has 0 amide bonds. The van der Waals surface area contributed by atoms with Gasteiger partial charge in [0.15, 0.2) is 0 Å². The minimum absolute atomic E-state index is 0.00449. The van der Waals surface area contributed by atoms with Gasteiger partial charge >= 0.3 is 5.97 Å². The number of methoxy groups -OCH3 is 1. The van der Waals surface area contributed by atoms with Gasteiger partial charge in [-0.05, 0) is 49.9 Å². The Morgan fingerprint density at radius 2 is 2.03 bits per heavy atom. The summed E-state index contributed by atoms with van der Waals surface area (Å²) in [5, 5.41) is 19.7. The van der Waals surface area contributed by atoms with Gasteiger partial charge in [0.1, 0.15) is 5.76 Å². The largest absolute Gasteiger partial charge is 0.508 e. The van der Waals surface area contributed by atoms with Gasteiger partial charge in [-0.25, -0.2) is 4.79 Å². The fourth-order valence-electron chi connectivity index (χ4n) is 4.88. The van der Waals surface area contributed by atoms with Crippen molar-refractivity contribution >= 4 is 28.6 Å². The highest BCUT2D eigenvalue weighted by atomic mass is 127. The normalized spacial score (nSPS) is 29.1. The van der Waals surface area contributed by atoms with Gasteiger partial charge in [0.2, 0.25) is 5.76 Å². The van der Waals surface area contributed by atoms with Crippen LogP contribution in [0.25, 0.3) is 0 Å². The fourth-order valence-corrected chi connectivity index (χ4v) is 5.76. The quantitative estimate of drug-likeness (QED) is 0.0821. The number of halogens is 1. The Kier molecular flexibility index (Phi) is 10.3. The molecule has 6 heteroatoms. The van der Waals surface area contributed by atoms with Crippen molar-refractivity contribution in [3.8, 4) is 0 Å². The number of hydrogen-bond donors (Lipinski definition) is 2. The number of unbranched alkanes of at least 4 members (excludes halogenated alkanes) is 1. The van der Waals surface area contributed by atoms with Gasteiger partial charge in [-0.2, -0.15) is 0 Å². The van der Waals surface area contributed by atoms with Crippen LogP contribution in [0.2, 0.25) is 0 Å². The highest BCUT2D eigenvalue weighted by molar-refractivity contribution is 14.1. The van der Waals surface area contributed by atoms with E-state index in [4.69, 9.17) is 4.74 Å². The molecule has 2 N–H and O–H groups in total. The summed E-state index contributed by atoms with van der Waals surface area (Å²) in [4.78, 5) is 11.4. The first kappa shape index (κ1) is 24.5. The van der Waals surface area contributed by atoms with E-state index in [1.807, 2.05) is 0 Å². The fraction of sp³-hybridized carbons (Fsp3) is 0.783. The van der Waals surface area contributed by atoms with Crippen LogP contribution in [0.1, 0.15) is 71.1 Å². The summed E-state index contributed by atoms with van der Waals surface area (Å²) in [6.45, 7) is 6.25. The van der Waals surface area contributed by atoms with E-state index in [1.165, 1.54) is 52.1 Å². The van der Waals surface area contributed by atoms with Crippen LogP contribution in [0.5, 0.6) is 0 Å². The van der Waals surface area contributed by atoms with Crippen molar-refractivity contribution in [3.63, 3.8) is 0 Å². The molecule has 2 aliphatic rings. The Morgan fingerprint density at radius 1 is 1.31 bits per heavy atom. The van der Waals surface area contributed by atoms with Gasteiger partial charge < -0.3 is 19.7 Å². The second-order valence-electron chi connectivity index (χ2n) is 8.53. The minimum Gasteiger partial charge on any atom is -0.508 e. The zero-order chi connectivity index (χ0) is 21.4. The van der Waals surface area contributed by atoms with Gasteiger partial charge in [0.25, 0.3) is 0 Å². The first-order chi connectivity index (χ1) is 13.9. The number of carbonyl (C=O) groups excluding carboxylic acids is 1. The average Bonchev–Trinajstić information content (AvgIpc) is 3.30. The smallest absolute Gasteiger partial charge is 0.376 e. The third-order valence-corrected chi connectivity index (χ3v) is 7.86. The maximum atomic E-state index is 11.4. The maximum Gasteiger partial charge on any atom is 0.376 e. The number of hydrogen-bond acceptors (Lipinski definition) is 5. The molecule has 166 valence electrons. The molecule has 1 saturated heterocycles.